The Kier molecular flexibility index (Phi) is 5.30. The molecule has 0 saturated heterocycles. The Labute approximate surface area is 148 Å². The van der Waals surface area contributed by atoms with Crippen molar-refractivity contribution in [2.24, 2.45) is 0 Å². The third-order valence-electron chi connectivity index (χ3n) is 3.36. The molecule has 0 atom stereocenters. The molecule has 1 heterocycles. The number of halogens is 2. The Morgan fingerprint density at radius 3 is 2.60 bits per heavy atom. The fraction of sp³-hybridized carbons (Fsp3) is 0.118. The minimum Gasteiger partial charge on any atom is -0.358 e. The normalized spacial score (nSPS) is 10.5. The lowest BCUT2D eigenvalue weighted by molar-refractivity contribution is 0.619. The summed E-state index contributed by atoms with van der Waals surface area (Å²) in [4.78, 5) is 4.11. The first kappa shape index (κ1) is 17.0. The highest BCUT2D eigenvalue weighted by molar-refractivity contribution is 7.80. The van der Waals surface area contributed by atoms with Crippen molar-refractivity contribution in [1.29, 1.82) is 0 Å². The van der Waals surface area contributed by atoms with E-state index in [0.29, 0.717) is 24.2 Å². The zero-order chi connectivity index (χ0) is 17.6. The Hall–Kier alpha value is -2.87. The summed E-state index contributed by atoms with van der Waals surface area (Å²) in [5.74, 6) is -0.229. The predicted octanol–water partition coefficient (Wildman–Crippen LogP) is 3.09. The van der Waals surface area contributed by atoms with E-state index in [9.17, 15) is 8.78 Å². The van der Waals surface area contributed by atoms with Gasteiger partial charge in [-0.15, -0.1) is 5.10 Å². The summed E-state index contributed by atoms with van der Waals surface area (Å²) in [6.07, 6.45) is 1.54. The molecule has 0 aliphatic rings. The van der Waals surface area contributed by atoms with Crippen molar-refractivity contribution in [2.75, 3.05) is 5.32 Å². The number of nitrogens with one attached hydrogen (secondary N) is 2. The molecule has 2 aromatic carbocycles. The monoisotopic (exact) mass is 359 g/mol. The summed E-state index contributed by atoms with van der Waals surface area (Å²) in [6, 6.07) is 12.4. The molecule has 8 heteroatoms. The Morgan fingerprint density at radius 2 is 1.84 bits per heavy atom. The van der Waals surface area contributed by atoms with Gasteiger partial charge in [0.2, 0.25) is 5.95 Å². The molecule has 0 fully saturated rings. The second-order valence-electron chi connectivity index (χ2n) is 5.33. The van der Waals surface area contributed by atoms with Crippen LogP contribution in [-0.2, 0) is 13.1 Å². The molecule has 3 aromatic rings. The number of rotatable bonds is 5. The van der Waals surface area contributed by atoms with E-state index in [1.165, 1.54) is 30.6 Å². The van der Waals surface area contributed by atoms with Crippen molar-refractivity contribution in [1.82, 2.24) is 20.1 Å². The average molecular weight is 359 g/mol. The molecule has 0 unspecified atom stereocenters. The van der Waals surface area contributed by atoms with E-state index in [-0.39, 0.29) is 11.6 Å². The molecular formula is C17H15F2N5S. The van der Waals surface area contributed by atoms with Gasteiger partial charge in [0.15, 0.2) is 5.11 Å². The van der Waals surface area contributed by atoms with E-state index in [0.717, 1.165) is 11.1 Å². The van der Waals surface area contributed by atoms with Gasteiger partial charge in [0.25, 0.3) is 0 Å². The quantitative estimate of drug-likeness (QED) is 0.686. The molecule has 0 radical (unpaired) electrons. The lowest BCUT2D eigenvalue weighted by Gasteiger charge is -2.08. The molecule has 2 N–H and O–H groups in total. The Bertz CT molecular complexity index is 863. The van der Waals surface area contributed by atoms with Gasteiger partial charge >= 0.3 is 0 Å². The third kappa shape index (κ3) is 5.05. The summed E-state index contributed by atoms with van der Waals surface area (Å²) in [7, 11) is 0. The number of aromatic nitrogens is 3. The van der Waals surface area contributed by atoms with E-state index in [1.54, 1.807) is 22.9 Å². The number of benzene rings is 2. The topological polar surface area (TPSA) is 54.8 Å². The number of hydrogen-bond donors (Lipinski definition) is 2. The molecule has 25 heavy (non-hydrogen) atoms. The van der Waals surface area contributed by atoms with E-state index < -0.39 is 0 Å². The van der Waals surface area contributed by atoms with Crippen LogP contribution < -0.4 is 10.6 Å². The van der Waals surface area contributed by atoms with Gasteiger partial charge in [0.05, 0.1) is 6.54 Å². The fourth-order valence-electron chi connectivity index (χ4n) is 2.18. The number of thiocarbonyl (C=S) groups is 1. The predicted molar refractivity (Wildman–Crippen MR) is 95.0 cm³/mol. The van der Waals surface area contributed by atoms with E-state index >= 15 is 0 Å². The van der Waals surface area contributed by atoms with Crippen LogP contribution in [0.4, 0.5) is 14.7 Å². The summed E-state index contributed by atoms with van der Waals surface area (Å²) < 4.78 is 27.6. The minimum absolute atomic E-state index is 0.280. The first-order chi connectivity index (χ1) is 12.1. The molecule has 0 bridgehead atoms. The van der Waals surface area contributed by atoms with Crippen molar-refractivity contribution in [3.05, 3.63) is 77.6 Å². The van der Waals surface area contributed by atoms with Crippen LogP contribution in [0, 0.1) is 11.6 Å². The standard InChI is InChI=1S/C17H15F2N5S/c18-14-6-4-12(5-7-14)9-20-17(25)22-16-21-11-24(23-16)10-13-2-1-3-15(19)8-13/h1-8,11H,9-10H2,(H2,20,22,23,25). The van der Waals surface area contributed by atoms with Crippen LogP contribution >= 0.6 is 12.2 Å². The highest BCUT2D eigenvalue weighted by Crippen LogP contribution is 2.06. The second kappa shape index (κ2) is 7.80. The molecule has 1 aromatic heterocycles. The molecule has 0 saturated carbocycles. The molecule has 3 rings (SSSR count). The first-order valence-electron chi connectivity index (χ1n) is 7.52. The van der Waals surface area contributed by atoms with Crippen LogP contribution in [0.2, 0.25) is 0 Å². The molecule has 128 valence electrons. The van der Waals surface area contributed by atoms with Gasteiger partial charge < -0.3 is 5.32 Å². The zero-order valence-electron chi connectivity index (χ0n) is 13.1. The second-order valence-corrected chi connectivity index (χ2v) is 5.74. The van der Waals surface area contributed by atoms with Crippen LogP contribution in [0.5, 0.6) is 0 Å². The molecule has 0 amide bonds. The van der Waals surface area contributed by atoms with Crippen molar-refractivity contribution >= 4 is 23.3 Å². The molecule has 0 aliphatic carbocycles. The van der Waals surface area contributed by atoms with E-state index in [1.807, 2.05) is 6.07 Å². The largest absolute Gasteiger partial charge is 0.358 e. The van der Waals surface area contributed by atoms with E-state index in [2.05, 4.69) is 20.7 Å². The minimum atomic E-state index is -0.290. The summed E-state index contributed by atoms with van der Waals surface area (Å²) >= 11 is 5.18. The number of nitrogens with zero attached hydrogens (tertiary/aromatic N) is 3. The van der Waals surface area contributed by atoms with Crippen molar-refractivity contribution in [3.8, 4) is 0 Å². The van der Waals surface area contributed by atoms with Crippen LogP contribution in [-0.4, -0.2) is 19.9 Å². The fourth-order valence-corrected chi connectivity index (χ4v) is 2.34. The summed E-state index contributed by atoms with van der Waals surface area (Å²) in [6.45, 7) is 0.859. The highest BCUT2D eigenvalue weighted by atomic mass is 32.1. The first-order valence-corrected chi connectivity index (χ1v) is 7.92. The zero-order valence-corrected chi connectivity index (χ0v) is 13.9. The van der Waals surface area contributed by atoms with Crippen molar-refractivity contribution in [3.63, 3.8) is 0 Å². The Morgan fingerprint density at radius 1 is 1.04 bits per heavy atom. The van der Waals surface area contributed by atoms with Crippen molar-refractivity contribution in [2.45, 2.75) is 13.1 Å². The maximum Gasteiger partial charge on any atom is 0.248 e. The SMILES string of the molecule is Fc1ccc(CNC(=S)Nc2ncn(Cc3cccc(F)c3)n2)cc1. The van der Waals surface area contributed by atoms with Crippen LogP contribution in [0.1, 0.15) is 11.1 Å². The van der Waals surface area contributed by atoms with E-state index in [4.69, 9.17) is 12.2 Å². The molecular weight excluding hydrogens is 344 g/mol. The van der Waals surface area contributed by atoms with Gasteiger partial charge in [0, 0.05) is 6.54 Å². The average Bonchev–Trinajstić information content (AvgIpc) is 3.01. The smallest absolute Gasteiger partial charge is 0.248 e. The van der Waals surface area contributed by atoms with Crippen LogP contribution in [0.25, 0.3) is 0 Å². The lowest BCUT2D eigenvalue weighted by Crippen LogP contribution is -2.28. The lowest BCUT2D eigenvalue weighted by atomic mass is 10.2. The molecule has 0 spiro atoms. The van der Waals surface area contributed by atoms with Crippen molar-refractivity contribution < 1.29 is 8.78 Å². The maximum atomic E-state index is 13.2. The maximum absolute atomic E-state index is 13.2. The van der Waals surface area contributed by atoms with Gasteiger partial charge in [-0.05, 0) is 47.6 Å². The van der Waals surface area contributed by atoms with Gasteiger partial charge in [0.1, 0.15) is 18.0 Å². The van der Waals surface area contributed by atoms with Gasteiger partial charge in [-0.25, -0.2) is 18.4 Å². The molecule has 0 aliphatic heterocycles. The Balaban J connectivity index is 1.52. The van der Waals surface area contributed by atoms with Crippen LogP contribution in [0.3, 0.4) is 0 Å². The van der Waals surface area contributed by atoms with Gasteiger partial charge in [-0.2, -0.15) is 0 Å². The van der Waals surface area contributed by atoms with Crippen LogP contribution in [0.15, 0.2) is 54.9 Å². The summed E-state index contributed by atoms with van der Waals surface area (Å²) in [5.41, 5.74) is 1.68. The molecule has 5 nitrogen and oxygen atoms in total. The third-order valence-corrected chi connectivity index (χ3v) is 3.61. The highest BCUT2D eigenvalue weighted by Gasteiger charge is 2.05. The van der Waals surface area contributed by atoms with Gasteiger partial charge in [-0.3, -0.25) is 5.32 Å². The number of anilines is 1. The summed E-state index contributed by atoms with van der Waals surface area (Å²) in [5, 5.41) is 10.5. The number of hydrogen-bond acceptors (Lipinski definition) is 3. The van der Waals surface area contributed by atoms with Gasteiger partial charge in [-0.1, -0.05) is 24.3 Å².